The third-order valence-electron chi connectivity index (χ3n) is 6.87. The van der Waals surface area contributed by atoms with Crippen LogP contribution in [0.5, 0.6) is 17.2 Å². The highest BCUT2D eigenvalue weighted by Gasteiger charge is 2.29. The van der Waals surface area contributed by atoms with E-state index in [2.05, 4.69) is 15.2 Å². The van der Waals surface area contributed by atoms with Crippen molar-refractivity contribution >= 4 is 11.6 Å². The van der Waals surface area contributed by atoms with E-state index in [4.69, 9.17) is 14.2 Å². The number of likely N-dealkylation sites (tertiary alicyclic amines) is 1. The molecule has 2 N–H and O–H groups in total. The van der Waals surface area contributed by atoms with Gasteiger partial charge in [-0.2, -0.15) is 8.78 Å². The fourth-order valence-electron chi connectivity index (χ4n) is 4.68. The van der Waals surface area contributed by atoms with Crippen LogP contribution in [0, 0.1) is 0 Å². The average molecular weight is 531 g/mol. The van der Waals surface area contributed by atoms with Gasteiger partial charge in [-0.3, -0.25) is 9.20 Å². The first kappa shape index (κ1) is 26.2. The molecule has 0 unspecified atom stereocenters. The molecule has 1 saturated carbocycles. The van der Waals surface area contributed by atoms with Crippen molar-refractivity contribution in [1.29, 1.82) is 0 Å². The number of rotatable bonds is 11. The van der Waals surface area contributed by atoms with Gasteiger partial charge in [-0.25, -0.2) is 4.98 Å². The van der Waals surface area contributed by atoms with E-state index in [0.717, 1.165) is 51.7 Å². The highest BCUT2D eigenvalue weighted by Crippen LogP contribution is 2.37. The molecule has 2 aliphatic rings. The Morgan fingerprint density at radius 2 is 1.95 bits per heavy atom. The number of nitrogens with one attached hydrogen (secondary N) is 1. The molecule has 1 amide bonds. The first-order valence-electron chi connectivity index (χ1n) is 12.9. The van der Waals surface area contributed by atoms with E-state index in [-0.39, 0.29) is 29.2 Å². The number of benzene rings is 1. The number of imidazole rings is 1. The van der Waals surface area contributed by atoms with Crippen LogP contribution in [-0.4, -0.2) is 77.4 Å². The van der Waals surface area contributed by atoms with Crippen LogP contribution in [0.1, 0.15) is 42.5 Å². The zero-order valence-electron chi connectivity index (χ0n) is 21.2. The minimum atomic E-state index is -3.11. The van der Waals surface area contributed by atoms with Gasteiger partial charge in [0.05, 0.1) is 31.7 Å². The summed E-state index contributed by atoms with van der Waals surface area (Å²) in [5, 5.41) is 12.4. The number of carbonyl (C=O) groups excluding carboxylic acids is 1. The molecule has 0 spiro atoms. The first-order valence-corrected chi connectivity index (χ1v) is 12.9. The third-order valence-corrected chi connectivity index (χ3v) is 6.87. The lowest BCUT2D eigenvalue weighted by Crippen LogP contribution is -2.36. The van der Waals surface area contributed by atoms with Gasteiger partial charge in [0.2, 0.25) is 0 Å². The van der Waals surface area contributed by atoms with E-state index in [1.807, 2.05) is 12.1 Å². The number of carbonyl (C=O) groups is 1. The number of alkyl halides is 2. The molecule has 3 heterocycles. The van der Waals surface area contributed by atoms with Crippen LogP contribution in [-0.2, 0) is 0 Å². The number of halogens is 2. The average Bonchev–Trinajstić information content (AvgIpc) is 3.61. The minimum absolute atomic E-state index is 0.0419. The summed E-state index contributed by atoms with van der Waals surface area (Å²) in [5.41, 5.74) is 1.68. The monoisotopic (exact) mass is 530 g/mol. The standard InChI is InChI=1S/C27H32F2N4O5/c1-36-22-13-17(14-23(38-27(28)29)25(22)26(35)31-18-3-4-18)21-16-30-24-15-20(7-11-33(21)24)37-12-2-8-32-9-5-19(34)6-10-32/h7,11,13-16,18-19,27,34H,2-6,8-10,12H2,1H3,(H,31,35). The summed E-state index contributed by atoms with van der Waals surface area (Å²) in [7, 11) is 1.38. The van der Waals surface area contributed by atoms with Crippen LogP contribution in [0.4, 0.5) is 8.78 Å². The second-order valence-corrected chi connectivity index (χ2v) is 9.69. The number of hydrogen-bond donors (Lipinski definition) is 2. The van der Waals surface area contributed by atoms with Gasteiger partial charge in [-0.15, -0.1) is 0 Å². The van der Waals surface area contributed by atoms with Gasteiger partial charge < -0.3 is 29.5 Å². The zero-order chi connectivity index (χ0) is 26.6. The number of aliphatic hydroxyl groups is 1. The van der Waals surface area contributed by atoms with Crippen molar-refractivity contribution in [1.82, 2.24) is 19.6 Å². The Kier molecular flexibility index (Phi) is 7.94. The molecule has 2 fully saturated rings. The summed E-state index contributed by atoms with van der Waals surface area (Å²) in [6.07, 6.45) is 7.45. The van der Waals surface area contributed by atoms with Gasteiger partial charge >= 0.3 is 6.61 Å². The number of piperidine rings is 1. The number of methoxy groups -OCH3 is 1. The molecule has 5 rings (SSSR count). The maximum Gasteiger partial charge on any atom is 0.387 e. The molecular weight excluding hydrogens is 498 g/mol. The number of fused-ring (bicyclic) bond motifs is 1. The molecule has 2 aromatic heterocycles. The van der Waals surface area contributed by atoms with Crippen molar-refractivity contribution in [2.75, 3.05) is 33.4 Å². The van der Waals surface area contributed by atoms with Crippen molar-refractivity contribution in [3.05, 3.63) is 42.2 Å². The number of amides is 1. The van der Waals surface area contributed by atoms with E-state index in [1.165, 1.54) is 13.2 Å². The quantitative estimate of drug-likeness (QED) is 0.365. The van der Waals surface area contributed by atoms with Crippen LogP contribution in [0.2, 0.25) is 0 Å². The Hall–Kier alpha value is -3.44. The Labute approximate surface area is 219 Å². The lowest BCUT2D eigenvalue weighted by Gasteiger charge is -2.29. The third kappa shape index (κ3) is 6.16. The highest BCUT2D eigenvalue weighted by atomic mass is 19.3. The molecule has 1 aromatic carbocycles. The molecule has 1 saturated heterocycles. The molecule has 0 atom stereocenters. The fraction of sp³-hybridized carbons (Fsp3) is 0.481. The summed E-state index contributed by atoms with van der Waals surface area (Å²) in [6.45, 7) is 0.183. The van der Waals surface area contributed by atoms with Gasteiger partial charge in [0.1, 0.15) is 28.5 Å². The van der Waals surface area contributed by atoms with E-state index in [0.29, 0.717) is 29.3 Å². The van der Waals surface area contributed by atoms with Gasteiger partial charge in [0.15, 0.2) is 0 Å². The van der Waals surface area contributed by atoms with Crippen molar-refractivity contribution in [2.24, 2.45) is 0 Å². The summed E-state index contributed by atoms with van der Waals surface area (Å²) < 4.78 is 44.4. The SMILES string of the molecule is COc1cc(-c2cnc3cc(OCCCN4CCC(O)CC4)ccn23)cc(OC(F)F)c1C(=O)NC1CC1. The lowest BCUT2D eigenvalue weighted by atomic mass is 10.1. The van der Waals surface area contributed by atoms with Crippen molar-refractivity contribution in [3.63, 3.8) is 0 Å². The summed E-state index contributed by atoms with van der Waals surface area (Å²) in [6, 6.07) is 6.70. The molecule has 0 radical (unpaired) electrons. The fourth-order valence-corrected chi connectivity index (χ4v) is 4.68. The maximum atomic E-state index is 13.3. The van der Waals surface area contributed by atoms with Crippen LogP contribution in [0.25, 0.3) is 16.9 Å². The summed E-state index contributed by atoms with van der Waals surface area (Å²) in [4.78, 5) is 19.6. The number of aromatic nitrogens is 2. The van der Waals surface area contributed by atoms with E-state index >= 15 is 0 Å². The van der Waals surface area contributed by atoms with Crippen molar-refractivity contribution in [3.8, 4) is 28.5 Å². The zero-order valence-corrected chi connectivity index (χ0v) is 21.2. The molecule has 9 nitrogen and oxygen atoms in total. The Balaban J connectivity index is 1.32. The first-order chi connectivity index (χ1) is 18.4. The molecule has 0 bridgehead atoms. The summed E-state index contributed by atoms with van der Waals surface area (Å²) in [5.74, 6) is 0.0412. The molecule has 204 valence electrons. The Morgan fingerprint density at radius 3 is 2.66 bits per heavy atom. The van der Waals surface area contributed by atoms with E-state index < -0.39 is 12.5 Å². The van der Waals surface area contributed by atoms with Gasteiger partial charge in [-0.05, 0) is 50.3 Å². The normalized spacial score (nSPS) is 16.7. The minimum Gasteiger partial charge on any atom is -0.496 e. The maximum absolute atomic E-state index is 13.3. The smallest absolute Gasteiger partial charge is 0.387 e. The number of nitrogens with zero attached hydrogens (tertiary/aromatic N) is 3. The molecule has 3 aromatic rings. The largest absolute Gasteiger partial charge is 0.496 e. The summed E-state index contributed by atoms with van der Waals surface area (Å²) >= 11 is 0. The second-order valence-electron chi connectivity index (χ2n) is 9.69. The van der Waals surface area contributed by atoms with Crippen molar-refractivity contribution in [2.45, 2.75) is 50.9 Å². The molecular formula is C27H32F2N4O5. The van der Waals surface area contributed by atoms with Crippen LogP contribution in [0.3, 0.4) is 0 Å². The van der Waals surface area contributed by atoms with Gasteiger partial charge in [0.25, 0.3) is 5.91 Å². The Morgan fingerprint density at radius 1 is 1.18 bits per heavy atom. The predicted molar refractivity (Wildman–Crippen MR) is 136 cm³/mol. The lowest BCUT2D eigenvalue weighted by molar-refractivity contribution is -0.0502. The van der Waals surface area contributed by atoms with Crippen molar-refractivity contribution < 1.29 is 32.9 Å². The predicted octanol–water partition coefficient (Wildman–Crippen LogP) is 3.73. The second kappa shape index (κ2) is 11.5. The number of aliphatic hydroxyl groups excluding tert-OH is 1. The molecule has 1 aliphatic heterocycles. The number of hydrogen-bond acceptors (Lipinski definition) is 7. The topological polar surface area (TPSA) is 97.6 Å². The molecule has 38 heavy (non-hydrogen) atoms. The highest BCUT2D eigenvalue weighted by molar-refractivity contribution is 6.01. The number of pyridine rings is 1. The van der Waals surface area contributed by atoms with Crippen LogP contribution < -0.4 is 19.5 Å². The Bertz CT molecular complexity index is 1270. The van der Waals surface area contributed by atoms with E-state index in [9.17, 15) is 18.7 Å². The van der Waals surface area contributed by atoms with Crippen LogP contribution in [0.15, 0.2) is 36.7 Å². The molecule has 11 heteroatoms. The van der Waals surface area contributed by atoms with E-state index in [1.54, 1.807) is 22.9 Å². The van der Waals surface area contributed by atoms with Crippen LogP contribution >= 0.6 is 0 Å². The number of ether oxygens (including phenoxy) is 3. The van der Waals surface area contributed by atoms with Gasteiger partial charge in [0, 0.05) is 43.5 Å². The van der Waals surface area contributed by atoms with Gasteiger partial charge in [-0.1, -0.05) is 0 Å². The molecule has 1 aliphatic carbocycles.